The van der Waals surface area contributed by atoms with Crippen molar-refractivity contribution in [2.75, 3.05) is 19.8 Å². The molecule has 1 aliphatic rings. The van der Waals surface area contributed by atoms with Crippen molar-refractivity contribution in [2.24, 2.45) is 0 Å². The molecule has 1 aliphatic carbocycles. The Balaban J connectivity index is 2.50. The lowest BCUT2D eigenvalue weighted by molar-refractivity contribution is -0.124. The van der Waals surface area contributed by atoms with Gasteiger partial charge in [-0.2, -0.15) is 0 Å². The van der Waals surface area contributed by atoms with Crippen molar-refractivity contribution in [2.45, 2.75) is 37.6 Å². The third-order valence-electron chi connectivity index (χ3n) is 3.09. The van der Waals surface area contributed by atoms with Gasteiger partial charge in [-0.25, -0.2) is 0 Å². The van der Waals surface area contributed by atoms with Gasteiger partial charge in [0, 0.05) is 6.42 Å². The number of carbonyl (C=O) groups excluding carboxylic acids is 1. The second-order valence-electron chi connectivity index (χ2n) is 4.59. The zero-order valence-corrected chi connectivity index (χ0v) is 9.98. The molecular formula is C12H21NO4. The molecule has 0 fully saturated rings. The van der Waals surface area contributed by atoms with Crippen LogP contribution in [0.3, 0.4) is 0 Å². The summed E-state index contributed by atoms with van der Waals surface area (Å²) in [5.41, 5.74) is -0.219. The molecule has 0 saturated carbocycles. The molecule has 5 heteroatoms. The van der Waals surface area contributed by atoms with Crippen LogP contribution in [0.2, 0.25) is 0 Å². The second kappa shape index (κ2) is 6.74. The molecule has 4 N–H and O–H groups in total. The summed E-state index contributed by atoms with van der Waals surface area (Å²) in [6, 6.07) is 0. The molecule has 1 amide bonds. The van der Waals surface area contributed by atoms with Crippen molar-refractivity contribution in [3.63, 3.8) is 0 Å². The van der Waals surface area contributed by atoms with Crippen LogP contribution in [0.4, 0.5) is 0 Å². The lowest BCUT2D eigenvalue weighted by Gasteiger charge is -2.29. The Hall–Kier alpha value is -0.910. The van der Waals surface area contributed by atoms with E-state index >= 15 is 0 Å². The van der Waals surface area contributed by atoms with Crippen molar-refractivity contribution in [1.82, 2.24) is 5.32 Å². The molecule has 0 aliphatic heterocycles. The molecule has 0 heterocycles. The van der Waals surface area contributed by atoms with E-state index in [-0.39, 0.29) is 12.3 Å². The maximum atomic E-state index is 11.7. The van der Waals surface area contributed by atoms with Crippen molar-refractivity contribution >= 4 is 5.91 Å². The van der Waals surface area contributed by atoms with Gasteiger partial charge in [0.15, 0.2) is 0 Å². The van der Waals surface area contributed by atoms with Gasteiger partial charge in [-0.05, 0) is 25.7 Å². The first-order chi connectivity index (χ1) is 8.15. The number of hydrogen-bond donors (Lipinski definition) is 4. The molecule has 0 atom stereocenters. The summed E-state index contributed by atoms with van der Waals surface area (Å²) >= 11 is 0. The highest BCUT2D eigenvalue weighted by Crippen LogP contribution is 2.20. The highest BCUT2D eigenvalue weighted by Gasteiger charge is 2.29. The standard InChI is InChI=1S/C12H21NO4/c14-7-12(8-15,9-16)13-11(17)6-10-4-2-1-3-5-10/h4,14-16H,1-3,5-9H2,(H,13,17). The van der Waals surface area contributed by atoms with Crippen molar-refractivity contribution in [3.05, 3.63) is 11.6 Å². The number of hydrogen-bond acceptors (Lipinski definition) is 4. The maximum Gasteiger partial charge on any atom is 0.224 e. The summed E-state index contributed by atoms with van der Waals surface area (Å²) in [4.78, 5) is 11.7. The van der Waals surface area contributed by atoms with Gasteiger partial charge in [0.2, 0.25) is 5.91 Å². The van der Waals surface area contributed by atoms with Gasteiger partial charge in [0.05, 0.1) is 19.8 Å². The Kier molecular flexibility index (Phi) is 5.61. The van der Waals surface area contributed by atoms with Crippen LogP contribution in [0.5, 0.6) is 0 Å². The summed E-state index contributed by atoms with van der Waals surface area (Å²) < 4.78 is 0. The number of allylic oxidation sites excluding steroid dienone is 1. The van der Waals surface area contributed by atoms with Crippen LogP contribution >= 0.6 is 0 Å². The molecule has 0 spiro atoms. The highest BCUT2D eigenvalue weighted by molar-refractivity contribution is 5.79. The molecule has 98 valence electrons. The number of carbonyl (C=O) groups is 1. The predicted molar refractivity (Wildman–Crippen MR) is 63.3 cm³/mol. The quantitative estimate of drug-likeness (QED) is 0.483. The average Bonchev–Trinajstić information content (AvgIpc) is 2.37. The SMILES string of the molecule is O=C(CC1=CCCCC1)NC(CO)(CO)CO. The smallest absolute Gasteiger partial charge is 0.224 e. The molecule has 0 aromatic carbocycles. The first kappa shape index (κ1) is 14.2. The Morgan fingerprint density at radius 1 is 1.24 bits per heavy atom. The molecule has 0 radical (unpaired) electrons. The summed E-state index contributed by atoms with van der Waals surface area (Å²) in [6.45, 7) is -1.44. The minimum absolute atomic E-state index is 0.268. The Bertz CT molecular complexity index is 276. The van der Waals surface area contributed by atoms with Crippen LogP contribution in [-0.4, -0.2) is 46.6 Å². The first-order valence-corrected chi connectivity index (χ1v) is 5.97. The van der Waals surface area contributed by atoms with Gasteiger partial charge in [-0.3, -0.25) is 4.79 Å². The Morgan fingerprint density at radius 3 is 2.35 bits per heavy atom. The fourth-order valence-corrected chi connectivity index (χ4v) is 1.88. The second-order valence-corrected chi connectivity index (χ2v) is 4.59. The number of rotatable bonds is 6. The van der Waals surface area contributed by atoms with E-state index in [0.29, 0.717) is 0 Å². The molecule has 0 aromatic heterocycles. The fourth-order valence-electron chi connectivity index (χ4n) is 1.88. The molecule has 0 aromatic rings. The molecule has 1 rings (SSSR count). The molecule has 0 unspecified atom stereocenters. The van der Waals surface area contributed by atoms with Gasteiger partial charge in [0.25, 0.3) is 0 Å². The Morgan fingerprint density at radius 2 is 1.88 bits per heavy atom. The van der Waals surface area contributed by atoms with E-state index in [2.05, 4.69) is 11.4 Å². The van der Waals surface area contributed by atoms with Crippen LogP contribution in [0.25, 0.3) is 0 Å². The van der Waals surface area contributed by atoms with Crippen molar-refractivity contribution < 1.29 is 20.1 Å². The first-order valence-electron chi connectivity index (χ1n) is 5.97. The fraction of sp³-hybridized carbons (Fsp3) is 0.750. The molecule has 0 bridgehead atoms. The van der Waals surface area contributed by atoms with Crippen LogP contribution in [0.15, 0.2) is 11.6 Å². The summed E-state index contributed by atoms with van der Waals surface area (Å²) in [7, 11) is 0. The van der Waals surface area contributed by atoms with E-state index in [1.54, 1.807) is 0 Å². The largest absolute Gasteiger partial charge is 0.394 e. The third-order valence-corrected chi connectivity index (χ3v) is 3.09. The topological polar surface area (TPSA) is 89.8 Å². The van der Waals surface area contributed by atoms with E-state index in [4.69, 9.17) is 15.3 Å². The minimum atomic E-state index is -1.31. The maximum absolute atomic E-state index is 11.7. The number of nitrogens with one attached hydrogen (secondary N) is 1. The normalized spacial score (nSPS) is 16.5. The zero-order chi connectivity index (χ0) is 12.7. The van der Waals surface area contributed by atoms with Crippen molar-refractivity contribution in [3.8, 4) is 0 Å². The van der Waals surface area contributed by atoms with E-state index in [1.807, 2.05) is 0 Å². The van der Waals surface area contributed by atoms with Gasteiger partial charge in [-0.15, -0.1) is 0 Å². The van der Waals surface area contributed by atoms with E-state index in [0.717, 1.165) is 24.8 Å². The van der Waals surface area contributed by atoms with Gasteiger partial charge in [0.1, 0.15) is 5.54 Å². The highest BCUT2D eigenvalue weighted by atomic mass is 16.3. The van der Waals surface area contributed by atoms with Crippen LogP contribution in [0.1, 0.15) is 32.1 Å². The van der Waals surface area contributed by atoms with Crippen LogP contribution in [-0.2, 0) is 4.79 Å². The van der Waals surface area contributed by atoms with E-state index in [9.17, 15) is 4.79 Å². The molecule has 0 saturated heterocycles. The summed E-state index contributed by atoms with van der Waals surface area (Å²) in [5, 5.41) is 29.7. The zero-order valence-electron chi connectivity index (χ0n) is 9.98. The lowest BCUT2D eigenvalue weighted by Crippen LogP contribution is -2.57. The predicted octanol–water partition coefficient (Wildman–Crippen LogP) is -0.291. The summed E-state index contributed by atoms with van der Waals surface area (Å²) in [5.74, 6) is -0.268. The average molecular weight is 243 g/mol. The molecule has 17 heavy (non-hydrogen) atoms. The monoisotopic (exact) mass is 243 g/mol. The third kappa shape index (κ3) is 4.11. The van der Waals surface area contributed by atoms with E-state index in [1.165, 1.54) is 6.42 Å². The lowest BCUT2D eigenvalue weighted by atomic mass is 9.96. The van der Waals surface area contributed by atoms with Gasteiger partial charge >= 0.3 is 0 Å². The summed E-state index contributed by atoms with van der Waals surface area (Å²) in [6.07, 6.45) is 6.55. The number of aliphatic hydroxyl groups is 3. The Labute approximate surface area is 101 Å². The number of aliphatic hydroxyl groups excluding tert-OH is 3. The van der Waals surface area contributed by atoms with Crippen LogP contribution < -0.4 is 5.32 Å². The van der Waals surface area contributed by atoms with Crippen molar-refractivity contribution in [1.29, 1.82) is 0 Å². The van der Waals surface area contributed by atoms with Gasteiger partial charge < -0.3 is 20.6 Å². The van der Waals surface area contributed by atoms with E-state index < -0.39 is 25.4 Å². The van der Waals surface area contributed by atoms with Crippen LogP contribution in [0, 0.1) is 0 Å². The minimum Gasteiger partial charge on any atom is -0.394 e. The van der Waals surface area contributed by atoms with Gasteiger partial charge in [-0.1, -0.05) is 11.6 Å². The number of amides is 1. The molecule has 5 nitrogen and oxygen atoms in total. The molecular weight excluding hydrogens is 222 g/mol.